The van der Waals surface area contributed by atoms with E-state index in [0.29, 0.717) is 6.54 Å². The van der Waals surface area contributed by atoms with Gasteiger partial charge in [-0.05, 0) is 17.5 Å². The summed E-state index contributed by atoms with van der Waals surface area (Å²) >= 11 is 1.37. The monoisotopic (exact) mass is 235 g/mol. The van der Waals surface area contributed by atoms with Gasteiger partial charge in [-0.2, -0.15) is 0 Å². The molecular formula is C13H17NOS. The van der Waals surface area contributed by atoms with Crippen molar-refractivity contribution >= 4 is 23.0 Å². The second-order valence-electron chi connectivity index (χ2n) is 3.48. The lowest BCUT2D eigenvalue weighted by atomic mass is 10.1. The van der Waals surface area contributed by atoms with E-state index >= 15 is 0 Å². The molecule has 0 saturated carbocycles. The molecule has 0 radical (unpaired) electrons. The van der Waals surface area contributed by atoms with Crippen molar-refractivity contribution < 1.29 is 4.79 Å². The molecule has 1 aromatic rings. The van der Waals surface area contributed by atoms with Crippen LogP contribution in [-0.2, 0) is 11.3 Å². The Balaban J connectivity index is 2.35. The molecule has 0 unspecified atom stereocenters. The van der Waals surface area contributed by atoms with Crippen LogP contribution in [0.25, 0.3) is 6.08 Å². The lowest BCUT2D eigenvalue weighted by Crippen LogP contribution is -1.94. The molecule has 2 N–H and O–H groups in total. The minimum atomic E-state index is 0.181. The Hall–Kier alpha value is -1.06. The fraction of sp³-hybridized carbons (Fsp3) is 0.308. The molecule has 0 aliphatic carbocycles. The summed E-state index contributed by atoms with van der Waals surface area (Å²) in [5.74, 6) is 0.854. The molecule has 0 aliphatic heterocycles. The molecule has 86 valence electrons. The average molecular weight is 235 g/mol. The van der Waals surface area contributed by atoms with Gasteiger partial charge >= 0.3 is 0 Å². The van der Waals surface area contributed by atoms with Gasteiger partial charge in [-0.1, -0.05) is 48.2 Å². The van der Waals surface area contributed by atoms with E-state index in [2.05, 4.69) is 24.3 Å². The van der Waals surface area contributed by atoms with Crippen LogP contribution < -0.4 is 5.73 Å². The highest BCUT2D eigenvalue weighted by atomic mass is 32.2. The lowest BCUT2D eigenvalue weighted by molar-refractivity contribution is -0.109. The largest absolute Gasteiger partial charge is 0.326 e. The number of rotatable bonds is 5. The summed E-state index contributed by atoms with van der Waals surface area (Å²) in [6.45, 7) is 2.18. The van der Waals surface area contributed by atoms with Gasteiger partial charge in [-0.25, -0.2) is 0 Å². The summed E-state index contributed by atoms with van der Waals surface area (Å²) < 4.78 is 0. The molecule has 0 atom stereocenters. The van der Waals surface area contributed by atoms with E-state index in [4.69, 9.17) is 5.73 Å². The van der Waals surface area contributed by atoms with Crippen molar-refractivity contribution in [2.24, 2.45) is 5.73 Å². The number of benzene rings is 1. The van der Waals surface area contributed by atoms with E-state index in [9.17, 15) is 4.79 Å². The summed E-state index contributed by atoms with van der Waals surface area (Å²) in [6, 6.07) is 8.17. The summed E-state index contributed by atoms with van der Waals surface area (Å²) in [5.41, 5.74) is 7.83. The number of thioether (sulfide) groups is 1. The third kappa shape index (κ3) is 5.14. The molecular weight excluding hydrogens is 218 g/mol. The first kappa shape index (κ1) is 13.0. The first-order valence-corrected chi connectivity index (χ1v) is 6.30. The topological polar surface area (TPSA) is 43.1 Å². The van der Waals surface area contributed by atoms with Crippen molar-refractivity contribution in [1.82, 2.24) is 0 Å². The molecule has 3 heteroatoms. The first-order valence-electron chi connectivity index (χ1n) is 5.31. The number of allylic oxidation sites excluding steroid dienone is 1. The maximum Gasteiger partial charge on any atom is 0.185 e. The van der Waals surface area contributed by atoms with Crippen LogP contribution in [0.4, 0.5) is 0 Å². The normalized spacial score (nSPS) is 10.9. The van der Waals surface area contributed by atoms with Gasteiger partial charge in [-0.15, -0.1) is 0 Å². The molecule has 0 aromatic heterocycles. The molecule has 0 fully saturated rings. The van der Waals surface area contributed by atoms with Crippen LogP contribution in [0.3, 0.4) is 0 Å². The molecule has 0 saturated heterocycles. The van der Waals surface area contributed by atoms with E-state index in [0.717, 1.165) is 17.7 Å². The molecule has 0 amide bonds. The van der Waals surface area contributed by atoms with E-state index in [1.807, 2.05) is 12.1 Å². The first-order chi connectivity index (χ1) is 7.72. The molecule has 0 heterocycles. The number of nitrogens with two attached hydrogens (primary N) is 1. The maximum atomic E-state index is 10.7. The van der Waals surface area contributed by atoms with Crippen LogP contribution in [0, 0.1) is 0 Å². The van der Waals surface area contributed by atoms with Gasteiger partial charge in [0.15, 0.2) is 5.12 Å². The van der Waals surface area contributed by atoms with Crippen LogP contribution in [0.5, 0.6) is 0 Å². The van der Waals surface area contributed by atoms with E-state index in [-0.39, 0.29) is 5.12 Å². The fourth-order valence-corrected chi connectivity index (χ4v) is 1.80. The van der Waals surface area contributed by atoms with Crippen LogP contribution in [-0.4, -0.2) is 10.9 Å². The minimum Gasteiger partial charge on any atom is -0.326 e. The molecule has 1 rings (SSSR count). The van der Waals surface area contributed by atoms with Gasteiger partial charge in [0.2, 0.25) is 0 Å². The van der Waals surface area contributed by atoms with E-state index in [1.165, 1.54) is 17.3 Å². The van der Waals surface area contributed by atoms with Crippen LogP contribution in [0.15, 0.2) is 30.3 Å². The second kappa shape index (κ2) is 7.25. The summed E-state index contributed by atoms with van der Waals surface area (Å²) in [5, 5.41) is 0.181. The second-order valence-corrected chi connectivity index (χ2v) is 4.75. The summed E-state index contributed by atoms with van der Waals surface area (Å²) in [6.07, 6.45) is 5.08. The predicted molar refractivity (Wildman–Crippen MR) is 71.1 cm³/mol. The SMILES string of the molecule is CC(=O)SCCC=Cc1ccc(CN)cc1. The zero-order valence-corrected chi connectivity index (χ0v) is 10.3. The Bertz CT molecular complexity index is 357. The Morgan fingerprint density at radius 1 is 1.38 bits per heavy atom. The van der Waals surface area contributed by atoms with Crippen LogP contribution in [0.1, 0.15) is 24.5 Å². The van der Waals surface area contributed by atoms with E-state index in [1.54, 1.807) is 6.92 Å². The summed E-state index contributed by atoms with van der Waals surface area (Å²) in [7, 11) is 0. The third-order valence-electron chi connectivity index (χ3n) is 2.12. The minimum absolute atomic E-state index is 0.181. The van der Waals surface area contributed by atoms with Crippen molar-refractivity contribution in [3.63, 3.8) is 0 Å². The number of carbonyl (C=O) groups is 1. The standard InChI is InChI=1S/C13H17NOS/c1-11(15)16-9-3-2-4-12-5-7-13(10-14)8-6-12/h2,4-8H,3,9-10,14H2,1H3. The van der Waals surface area contributed by atoms with Gasteiger partial charge in [0.25, 0.3) is 0 Å². The van der Waals surface area contributed by atoms with Crippen molar-refractivity contribution in [3.05, 3.63) is 41.5 Å². The average Bonchev–Trinajstić information content (AvgIpc) is 2.29. The quantitative estimate of drug-likeness (QED) is 0.798. The predicted octanol–water partition coefficient (Wildman–Crippen LogP) is 2.83. The highest BCUT2D eigenvalue weighted by Gasteiger charge is 1.91. The van der Waals surface area contributed by atoms with Crippen molar-refractivity contribution in [2.45, 2.75) is 19.9 Å². The zero-order valence-electron chi connectivity index (χ0n) is 9.48. The molecule has 16 heavy (non-hydrogen) atoms. The third-order valence-corrected chi connectivity index (χ3v) is 2.96. The van der Waals surface area contributed by atoms with Gasteiger partial charge in [0.1, 0.15) is 0 Å². The van der Waals surface area contributed by atoms with Crippen molar-refractivity contribution in [1.29, 1.82) is 0 Å². The highest BCUT2D eigenvalue weighted by molar-refractivity contribution is 8.13. The van der Waals surface area contributed by atoms with Crippen LogP contribution >= 0.6 is 11.8 Å². The Labute approximate surface area is 101 Å². The van der Waals surface area contributed by atoms with Crippen LogP contribution in [0.2, 0.25) is 0 Å². The van der Waals surface area contributed by atoms with Crippen molar-refractivity contribution in [2.75, 3.05) is 5.75 Å². The fourth-order valence-electron chi connectivity index (χ4n) is 1.25. The molecule has 2 nitrogen and oxygen atoms in total. The highest BCUT2D eigenvalue weighted by Crippen LogP contribution is 2.08. The Morgan fingerprint density at radius 3 is 2.62 bits per heavy atom. The number of carbonyl (C=O) groups excluding carboxylic acids is 1. The van der Waals surface area contributed by atoms with E-state index < -0.39 is 0 Å². The lowest BCUT2D eigenvalue weighted by Gasteiger charge is -1.97. The van der Waals surface area contributed by atoms with Crippen molar-refractivity contribution in [3.8, 4) is 0 Å². The Morgan fingerprint density at radius 2 is 2.06 bits per heavy atom. The number of hydrogen-bond acceptors (Lipinski definition) is 3. The molecule has 0 spiro atoms. The Kier molecular flexibility index (Phi) is 5.90. The smallest absolute Gasteiger partial charge is 0.185 e. The number of hydrogen-bond donors (Lipinski definition) is 1. The summed E-state index contributed by atoms with van der Waals surface area (Å²) in [4.78, 5) is 10.7. The molecule has 1 aromatic carbocycles. The zero-order chi connectivity index (χ0) is 11.8. The molecule has 0 aliphatic rings. The van der Waals surface area contributed by atoms with Gasteiger partial charge < -0.3 is 5.73 Å². The van der Waals surface area contributed by atoms with Gasteiger partial charge in [-0.3, -0.25) is 4.79 Å². The van der Waals surface area contributed by atoms with Gasteiger partial charge in [0, 0.05) is 19.2 Å². The van der Waals surface area contributed by atoms with Gasteiger partial charge in [0.05, 0.1) is 0 Å². The molecule has 0 bridgehead atoms. The maximum absolute atomic E-state index is 10.7.